The molecular weight excluding hydrogens is 546 g/mol. The Kier molecular flexibility index (Phi) is 8.44. The number of nitriles is 2. The number of thiophene rings is 1. The third-order valence-electron chi connectivity index (χ3n) is 6.29. The van der Waals surface area contributed by atoms with Gasteiger partial charge in [0.25, 0.3) is 0 Å². The van der Waals surface area contributed by atoms with Crippen LogP contribution in [0.25, 0.3) is 22.7 Å². The summed E-state index contributed by atoms with van der Waals surface area (Å²) < 4.78 is 27.4. The van der Waals surface area contributed by atoms with Crippen molar-refractivity contribution in [2.24, 2.45) is 0 Å². The number of rotatable bonds is 9. The van der Waals surface area contributed by atoms with Gasteiger partial charge < -0.3 is 28.3 Å². The predicted molar refractivity (Wildman–Crippen MR) is 149 cm³/mol. The van der Waals surface area contributed by atoms with Crippen LogP contribution in [0.2, 0.25) is 0 Å². The van der Waals surface area contributed by atoms with Crippen LogP contribution in [0, 0.1) is 22.7 Å². The first-order valence-corrected chi connectivity index (χ1v) is 13.6. The summed E-state index contributed by atoms with van der Waals surface area (Å²) in [6.45, 7) is 5.11. The number of methoxy groups -OCH3 is 1. The molecule has 1 aliphatic heterocycles. The summed E-state index contributed by atoms with van der Waals surface area (Å²) in [7, 11) is 1.27. The average molecular weight is 572 g/mol. The van der Waals surface area contributed by atoms with Crippen molar-refractivity contribution >= 4 is 23.0 Å². The number of nitrogens with zero attached hydrogens (tertiary/aromatic N) is 5. The van der Waals surface area contributed by atoms with E-state index in [1.165, 1.54) is 19.4 Å². The molecule has 0 aliphatic carbocycles. The molecule has 0 saturated carbocycles. The summed E-state index contributed by atoms with van der Waals surface area (Å²) in [5, 5.41) is 19.7. The Balaban J connectivity index is 1.53. The fourth-order valence-corrected chi connectivity index (χ4v) is 5.22. The number of carbonyl (C=O) groups excluding carboxylic acids is 1. The number of oxazole rings is 1. The van der Waals surface area contributed by atoms with Gasteiger partial charge in [0.1, 0.15) is 35.4 Å². The van der Waals surface area contributed by atoms with Gasteiger partial charge in [0.05, 0.1) is 48.6 Å². The fourth-order valence-electron chi connectivity index (χ4n) is 4.27. The second-order valence-electron chi connectivity index (χ2n) is 8.75. The molecule has 5 rings (SSSR count). The molecule has 1 aliphatic rings. The van der Waals surface area contributed by atoms with Crippen LogP contribution in [-0.2, 0) is 16.1 Å². The summed E-state index contributed by atoms with van der Waals surface area (Å²) in [5.74, 6) is -0.127. The van der Waals surface area contributed by atoms with Gasteiger partial charge in [-0.1, -0.05) is 12.1 Å². The van der Waals surface area contributed by atoms with E-state index in [9.17, 15) is 15.3 Å². The van der Waals surface area contributed by atoms with Gasteiger partial charge in [0, 0.05) is 24.3 Å². The van der Waals surface area contributed by atoms with E-state index in [2.05, 4.69) is 27.0 Å². The Morgan fingerprint density at radius 1 is 1.12 bits per heavy atom. The molecule has 0 spiro atoms. The van der Waals surface area contributed by atoms with Crippen molar-refractivity contribution in [3.8, 4) is 46.7 Å². The summed E-state index contributed by atoms with van der Waals surface area (Å²) in [6.07, 6.45) is 1.44. The molecule has 1 fully saturated rings. The zero-order valence-corrected chi connectivity index (χ0v) is 23.2. The first-order valence-electron chi connectivity index (χ1n) is 12.8. The molecule has 1 aromatic carbocycles. The van der Waals surface area contributed by atoms with Gasteiger partial charge in [-0.3, -0.25) is 0 Å². The third kappa shape index (κ3) is 5.99. The molecule has 12 heteroatoms. The minimum Gasteiger partial charge on any atom is -0.471 e. The van der Waals surface area contributed by atoms with Gasteiger partial charge in [-0.05, 0) is 31.2 Å². The standard InChI is InChI=1S/C29H25N5O6S/c1-3-38-26-16-32-27(40-26)21-13-23(18-4-6-20(7-5-18)34-8-10-37-11-9-34)33-28(22(21)15-31)39-17-25-19(14-30)12-24(41-25)29(35)36-2/h4-7,12-13,16H,3,8-11,17H2,1-2H3. The molecule has 41 heavy (non-hydrogen) atoms. The SMILES string of the molecule is CCOc1cnc(-c2cc(-c3ccc(N4CCOCC4)cc3)nc(OCc3sc(C(=O)OC)cc3C#N)c2C#N)o1. The van der Waals surface area contributed by atoms with Gasteiger partial charge in [-0.15, -0.1) is 11.3 Å². The highest BCUT2D eigenvalue weighted by Gasteiger charge is 2.22. The average Bonchev–Trinajstić information content (AvgIpc) is 3.67. The van der Waals surface area contributed by atoms with Crippen molar-refractivity contribution in [2.45, 2.75) is 13.5 Å². The fraction of sp³-hybridized carbons (Fsp3) is 0.276. The lowest BCUT2D eigenvalue weighted by Crippen LogP contribution is -2.36. The van der Waals surface area contributed by atoms with Gasteiger partial charge >= 0.3 is 11.9 Å². The summed E-state index contributed by atoms with van der Waals surface area (Å²) in [4.78, 5) is 24.0. The lowest BCUT2D eigenvalue weighted by atomic mass is 10.0. The number of anilines is 1. The van der Waals surface area contributed by atoms with Crippen molar-refractivity contribution < 1.29 is 28.2 Å². The van der Waals surface area contributed by atoms with Crippen molar-refractivity contribution in [2.75, 3.05) is 44.9 Å². The number of morpholine rings is 1. The normalized spacial score (nSPS) is 12.8. The predicted octanol–water partition coefficient (Wildman–Crippen LogP) is 4.81. The van der Waals surface area contributed by atoms with Crippen LogP contribution in [0.15, 0.2) is 47.0 Å². The molecule has 0 unspecified atom stereocenters. The minimum absolute atomic E-state index is 0.0327. The van der Waals surface area contributed by atoms with Crippen molar-refractivity contribution in [1.29, 1.82) is 10.5 Å². The largest absolute Gasteiger partial charge is 0.471 e. The molecule has 0 N–H and O–H groups in total. The maximum atomic E-state index is 12.0. The quantitative estimate of drug-likeness (QED) is 0.255. The van der Waals surface area contributed by atoms with Gasteiger partial charge in [0.15, 0.2) is 0 Å². The topological polar surface area (TPSA) is 144 Å². The molecule has 208 valence electrons. The monoisotopic (exact) mass is 571 g/mol. The maximum Gasteiger partial charge on any atom is 0.348 e. The maximum absolute atomic E-state index is 12.0. The van der Waals surface area contributed by atoms with Crippen LogP contribution in [0.4, 0.5) is 5.69 Å². The molecule has 1 saturated heterocycles. The van der Waals surface area contributed by atoms with Crippen LogP contribution >= 0.6 is 11.3 Å². The van der Waals surface area contributed by atoms with E-state index in [0.29, 0.717) is 36.0 Å². The van der Waals surface area contributed by atoms with Gasteiger partial charge in [-0.2, -0.15) is 10.5 Å². The van der Waals surface area contributed by atoms with Gasteiger partial charge in [0.2, 0.25) is 11.8 Å². The van der Waals surface area contributed by atoms with E-state index in [0.717, 1.165) is 35.7 Å². The molecule has 0 bridgehead atoms. The zero-order valence-electron chi connectivity index (χ0n) is 22.4. The molecule has 4 aromatic rings. The van der Waals surface area contributed by atoms with E-state index in [-0.39, 0.29) is 40.3 Å². The number of hydrogen-bond acceptors (Lipinski definition) is 12. The molecule has 0 amide bonds. The van der Waals surface area contributed by atoms with E-state index in [4.69, 9.17) is 23.4 Å². The molecular formula is C29H25N5O6S. The van der Waals surface area contributed by atoms with E-state index < -0.39 is 5.97 Å². The molecule has 3 aromatic heterocycles. The lowest BCUT2D eigenvalue weighted by Gasteiger charge is -2.28. The molecule has 4 heterocycles. The Bertz CT molecular complexity index is 1630. The molecule has 0 atom stereocenters. The van der Waals surface area contributed by atoms with Crippen molar-refractivity contribution in [3.05, 3.63) is 63.5 Å². The molecule has 11 nitrogen and oxygen atoms in total. The smallest absolute Gasteiger partial charge is 0.348 e. The van der Waals surface area contributed by atoms with E-state index in [1.54, 1.807) is 6.07 Å². The van der Waals surface area contributed by atoms with Gasteiger partial charge in [-0.25, -0.2) is 14.8 Å². The van der Waals surface area contributed by atoms with E-state index in [1.807, 2.05) is 31.2 Å². The van der Waals surface area contributed by atoms with Crippen molar-refractivity contribution in [3.63, 3.8) is 0 Å². The Hall–Kier alpha value is -4.91. The first-order chi connectivity index (χ1) is 20.0. The van der Waals surface area contributed by atoms with Crippen LogP contribution in [0.1, 0.15) is 32.6 Å². The highest BCUT2D eigenvalue weighted by Crippen LogP contribution is 2.36. The minimum atomic E-state index is -0.549. The third-order valence-corrected chi connectivity index (χ3v) is 7.38. The van der Waals surface area contributed by atoms with E-state index >= 15 is 0 Å². The summed E-state index contributed by atoms with van der Waals surface area (Å²) in [5.41, 5.74) is 3.14. The number of hydrogen-bond donors (Lipinski definition) is 0. The Morgan fingerprint density at radius 2 is 1.90 bits per heavy atom. The highest BCUT2D eigenvalue weighted by molar-refractivity contribution is 7.14. The summed E-state index contributed by atoms with van der Waals surface area (Å²) >= 11 is 1.08. The number of carbonyl (C=O) groups is 1. The zero-order chi connectivity index (χ0) is 28.8. The van der Waals surface area contributed by atoms with Crippen LogP contribution in [0.3, 0.4) is 0 Å². The first kappa shape index (κ1) is 27.6. The number of pyridine rings is 1. The van der Waals surface area contributed by atoms with Crippen LogP contribution in [0.5, 0.6) is 11.8 Å². The lowest BCUT2D eigenvalue weighted by molar-refractivity contribution is 0.0606. The molecule has 0 radical (unpaired) electrons. The second kappa shape index (κ2) is 12.5. The van der Waals surface area contributed by atoms with Crippen molar-refractivity contribution in [1.82, 2.24) is 9.97 Å². The Morgan fingerprint density at radius 3 is 2.59 bits per heavy atom. The second-order valence-corrected chi connectivity index (χ2v) is 9.89. The Labute approximate surface area is 240 Å². The van der Waals surface area contributed by atoms with Crippen LogP contribution < -0.4 is 14.4 Å². The number of benzene rings is 1. The summed E-state index contributed by atoms with van der Waals surface area (Å²) in [6, 6.07) is 15.3. The number of esters is 1. The highest BCUT2D eigenvalue weighted by atomic mass is 32.1. The van der Waals surface area contributed by atoms with Crippen LogP contribution in [-0.4, -0.2) is 56.0 Å². The number of ether oxygens (including phenoxy) is 4. The number of aromatic nitrogens is 2.